The van der Waals surface area contributed by atoms with Crippen molar-refractivity contribution in [2.24, 2.45) is 5.41 Å². The van der Waals surface area contributed by atoms with Crippen molar-refractivity contribution in [2.45, 2.75) is 32.6 Å². The van der Waals surface area contributed by atoms with Crippen LogP contribution >= 0.6 is 0 Å². The lowest BCUT2D eigenvalue weighted by atomic mass is 9.69. The van der Waals surface area contributed by atoms with Gasteiger partial charge >= 0.3 is 0 Å². The Bertz CT molecular complexity index is 1030. The number of benzene rings is 1. The van der Waals surface area contributed by atoms with E-state index in [1.54, 1.807) is 18.2 Å². The smallest absolute Gasteiger partial charge is 0.273 e. The van der Waals surface area contributed by atoms with Gasteiger partial charge in [-0.05, 0) is 11.8 Å². The minimum atomic E-state index is -0.763. The molecule has 8 heteroatoms. The number of H-pyrrole nitrogens is 2. The van der Waals surface area contributed by atoms with Gasteiger partial charge in [-0.15, -0.1) is 0 Å². The molecule has 1 aromatic carbocycles. The highest BCUT2D eigenvalue weighted by Crippen LogP contribution is 2.48. The number of rotatable bonds is 2. The first-order chi connectivity index (χ1) is 12.3. The lowest BCUT2D eigenvalue weighted by Gasteiger charge is -2.37. The van der Waals surface area contributed by atoms with Crippen LogP contribution in [0.15, 0.2) is 40.3 Å². The third kappa shape index (κ3) is 2.37. The van der Waals surface area contributed by atoms with E-state index in [0.717, 1.165) is 5.70 Å². The molecule has 3 N–H and O–H groups in total. The van der Waals surface area contributed by atoms with Gasteiger partial charge in [0, 0.05) is 29.3 Å². The summed E-state index contributed by atoms with van der Waals surface area (Å²) in [6, 6.07) is 6.27. The summed E-state index contributed by atoms with van der Waals surface area (Å²) in [7, 11) is 0. The second-order valence-electron chi connectivity index (χ2n) is 7.57. The van der Waals surface area contributed by atoms with Gasteiger partial charge in [0.05, 0.1) is 16.4 Å². The number of ketones is 1. The number of fused-ring (bicyclic) bond motifs is 1. The fourth-order valence-corrected chi connectivity index (χ4v) is 4.03. The zero-order chi connectivity index (χ0) is 18.6. The molecule has 1 aromatic heterocycles. The third-order valence-electron chi connectivity index (χ3n) is 5.03. The summed E-state index contributed by atoms with van der Waals surface area (Å²) in [4.78, 5) is 36.4. The number of Topliss-reactive ketones (excluding diaryl/α,β-unsaturated/α-hetero) is 1. The van der Waals surface area contributed by atoms with Gasteiger partial charge in [-0.1, -0.05) is 32.0 Å². The molecule has 0 bridgehead atoms. The van der Waals surface area contributed by atoms with E-state index in [-0.39, 0.29) is 22.4 Å². The van der Waals surface area contributed by atoms with Gasteiger partial charge in [-0.25, -0.2) is 0 Å². The van der Waals surface area contributed by atoms with Crippen LogP contribution in [0, 0.1) is 15.5 Å². The lowest BCUT2D eigenvalue weighted by molar-refractivity contribution is -0.385. The summed E-state index contributed by atoms with van der Waals surface area (Å²) in [5.74, 6) is -0.387. The van der Waals surface area contributed by atoms with E-state index in [4.69, 9.17) is 0 Å². The van der Waals surface area contributed by atoms with Crippen molar-refractivity contribution in [1.82, 2.24) is 10.2 Å². The lowest BCUT2D eigenvalue weighted by Crippen LogP contribution is -2.35. The molecule has 26 heavy (non-hydrogen) atoms. The van der Waals surface area contributed by atoms with Gasteiger partial charge < -0.3 is 5.32 Å². The minimum absolute atomic E-state index is 0.0850. The van der Waals surface area contributed by atoms with E-state index in [1.165, 1.54) is 6.07 Å². The van der Waals surface area contributed by atoms with Crippen molar-refractivity contribution in [3.63, 3.8) is 0 Å². The number of hydrogen-bond acceptors (Lipinski definition) is 5. The number of aromatic nitrogens is 2. The Kier molecular flexibility index (Phi) is 3.40. The van der Waals surface area contributed by atoms with Crippen molar-refractivity contribution in [1.29, 1.82) is 0 Å². The van der Waals surface area contributed by atoms with E-state index in [1.807, 2.05) is 13.8 Å². The van der Waals surface area contributed by atoms with Gasteiger partial charge in [-0.3, -0.25) is 29.9 Å². The van der Waals surface area contributed by atoms with Crippen molar-refractivity contribution in [3.05, 3.63) is 67.1 Å². The monoisotopic (exact) mass is 354 g/mol. The van der Waals surface area contributed by atoms with E-state index in [0.29, 0.717) is 35.4 Å². The van der Waals surface area contributed by atoms with E-state index in [2.05, 4.69) is 15.5 Å². The number of hydrogen-bond donors (Lipinski definition) is 3. The first-order valence-corrected chi connectivity index (χ1v) is 8.35. The van der Waals surface area contributed by atoms with Crippen LogP contribution in [0.3, 0.4) is 0 Å². The molecule has 1 aliphatic carbocycles. The highest BCUT2D eigenvalue weighted by Gasteiger charge is 2.44. The summed E-state index contributed by atoms with van der Waals surface area (Å²) < 4.78 is 0. The maximum absolute atomic E-state index is 13.0. The molecule has 8 nitrogen and oxygen atoms in total. The molecular formula is C18H18N4O4. The molecule has 4 rings (SSSR count). The average molecular weight is 354 g/mol. The number of allylic oxidation sites excluding steroid dienone is 2. The molecule has 0 unspecified atom stereocenters. The van der Waals surface area contributed by atoms with Crippen LogP contribution < -0.4 is 10.9 Å². The van der Waals surface area contributed by atoms with Crippen molar-refractivity contribution in [2.75, 3.05) is 5.32 Å². The second kappa shape index (κ2) is 5.42. The molecule has 0 spiro atoms. The maximum Gasteiger partial charge on any atom is 0.273 e. The molecule has 0 radical (unpaired) electrons. The number of nitro groups is 1. The summed E-state index contributed by atoms with van der Waals surface area (Å²) in [6.45, 7) is 4.01. The van der Waals surface area contributed by atoms with Gasteiger partial charge in [0.15, 0.2) is 5.78 Å². The molecule has 134 valence electrons. The van der Waals surface area contributed by atoms with Crippen LogP contribution in [-0.2, 0) is 4.79 Å². The van der Waals surface area contributed by atoms with Crippen LogP contribution in [0.1, 0.15) is 43.7 Å². The predicted octanol–water partition coefficient (Wildman–Crippen LogP) is 2.81. The van der Waals surface area contributed by atoms with E-state index < -0.39 is 10.8 Å². The van der Waals surface area contributed by atoms with Crippen molar-refractivity contribution >= 4 is 17.3 Å². The Hall–Kier alpha value is -3.16. The van der Waals surface area contributed by atoms with Crippen LogP contribution in [0.25, 0.3) is 0 Å². The second-order valence-corrected chi connectivity index (χ2v) is 7.57. The van der Waals surface area contributed by atoms with Gasteiger partial charge in [0.1, 0.15) is 5.82 Å². The fourth-order valence-electron chi connectivity index (χ4n) is 4.03. The molecule has 0 saturated heterocycles. The topological polar surface area (TPSA) is 121 Å². The molecule has 0 amide bonds. The quantitative estimate of drug-likeness (QED) is 0.565. The summed E-state index contributed by atoms with van der Waals surface area (Å²) >= 11 is 0. The first kappa shape index (κ1) is 16.3. The highest BCUT2D eigenvalue weighted by atomic mass is 16.6. The van der Waals surface area contributed by atoms with Gasteiger partial charge in [0.25, 0.3) is 11.2 Å². The zero-order valence-electron chi connectivity index (χ0n) is 14.4. The molecule has 2 aromatic rings. The highest BCUT2D eigenvalue weighted by molar-refractivity contribution is 6.01. The minimum Gasteiger partial charge on any atom is -0.343 e. The van der Waals surface area contributed by atoms with Crippen LogP contribution in [0.4, 0.5) is 11.5 Å². The van der Waals surface area contributed by atoms with E-state index in [9.17, 15) is 19.7 Å². The molecular weight excluding hydrogens is 336 g/mol. The Morgan fingerprint density at radius 3 is 2.62 bits per heavy atom. The largest absolute Gasteiger partial charge is 0.343 e. The Labute approximate surface area is 148 Å². The standard InChI is InChI=1S/C18H18N4O4/c1-18(2)7-10-14(12(23)8-18)13(15-16(19-10)20-21-17(15)24)9-5-3-4-6-11(9)22(25)26/h3-6,13H,7-8H2,1-2H3,(H3,19,20,21,24)/t13-/m0/s1. The first-order valence-electron chi connectivity index (χ1n) is 8.35. The Morgan fingerprint density at radius 1 is 1.15 bits per heavy atom. The molecule has 1 aliphatic heterocycles. The summed E-state index contributed by atoms with van der Waals surface area (Å²) in [6.07, 6.45) is 0.958. The van der Waals surface area contributed by atoms with Gasteiger partial charge in [0.2, 0.25) is 0 Å². The number of anilines is 1. The third-order valence-corrected chi connectivity index (χ3v) is 5.03. The zero-order valence-corrected chi connectivity index (χ0v) is 14.4. The van der Waals surface area contributed by atoms with Crippen molar-refractivity contribution in [3.8, 4) is 0 Å². The molecule has 1 atom stereocenters. The van der Waals surface area contributed by atoms with Gasteiger partial charge in [-0.2, -0.15) is 0 Å². The molecule has 2 aliphatic rings. The number of nitrogens with zero attached hydrogens (tertiary/aromatic N) is 1. The number of nitro benzene ring substituents is 1. The summed E-state index contributed by atoms with van der Waals surface area (Å²) in [5.41, 5.74) is 1.13. The predicted molar refractivity (Wildman–Crippen MR) is 95.0 cm³/mol. The van der Waals surface area contributed by atoms with Crippen LogP contribution in [0.2, 0.25) is 0 Å². The SMILES string of the molecule is CC1(C)CC(=O)C2=C(C1)Nc1[nH][nH]c(=O)c1[C@H]2c1ccccc1[N+](=O)[O-]. The maximum atomic E-state index is 13.0. The number of nitrogens with one attached hydrogen (secondary N) is 3. The van der Waals surface area contributed by atoms with Crippen LogP contribution in [0.5, 0.6) is 0 Å². The summed E-state index contributed by atoms with van der Waals surface area (Å²) in [5, 5.41) is 20.0. The number of para-hydroxylation sites is 1. The number of aromatic amines is 2. The number of carbonyl (C=O) groups is 1. The average Bonchev–Trinajstić information content (AvgIpc) is 2.92. The fraction of sp³-hybridized carbons (Fsp3) is 0.333. The Balaban J connectivity index is 2.01. The molecule has 0 fully saturated rings. The molecule has 2 heterocycles. The normalized spacial score (nSPS) is 21.0. The van der Waals surface area contributed by atoms with Crippen LogP contribution in [-0.4, -0.2) is 20.9 Å². The Morgan fingerprint density at radius 2 is 1.88 bits per heavy atom. The van der Waals surface area contributed by atoms with E-state index >= 15 is 0 Å². The number of carbonyl (C=O) groups excluding carboxylic acids is 1. The van der Waals surface area contributed by atoms with Crippen molar-refractivity contribution < 1.29 is 9.72 Å². The molecule has 0 saturated carbocycles.